The van der Waals surface area contributed by atoms with Crippen molar-refractivity contribution in [1.29, 1.82) is 0 Å². The Morgan fingerprint density at radius 1 is 0.926 bits per heavy atom. The number of pyridine rings is 1. The highest BCUT2D eigenvalue weighted by molar-refractivity contribution is 5.33. The Bertz CT molecular complexity index is 675. The molecular formula is C23H30F3N. The van der Waals surface area contributed by atoms with E-state index in [1.807, 2.05) is 0 Å². The third kappa shape index (κ3) is 5.50. The quantitative estimate of drug-likeness (QED) is 0.423. The molecule has 0 saturated heterocycles. The number of rotatable bonds is 4. The van der Waals surface area contributed by atoms with E-state index in [1.54, 1.807) is 0 Å². The Morgan fingerprint density at radius 3 is 2.19 bits per heavy atom. The highest BCUT2D eigenvalue weighted by atomic mass is 19.2. The van der Waals surface area contributed by atoms with Crippen LogP contribution in [0, 0.1) is 53.2 Å². The molecule has 2 saturated carbocycles. The number of halogens is 3. The third-order valence-electron chi connectivity index (χ3n) is 6.59. The standard InChI is InChI=1S/C23H30F3N/c1-2-3-4-16-5-10-18(11-6-16)19-12-7-17(8-13-19)9-14-20-15-21(24)23(26)27-22(20)25/h15-19H,2-8,10-13H2,1H3/t16-,17?,18-,19?. The molecule has 2 aliphatic carbocycles. The summed E-state index contributed by atoms with van der Waals surface area (Å²) in [4.78, 5) is 2.92. The number of unbranched alkanes of at least 4 members (excludes halogenated alkanes) is 1. The van der Waals surface area contributed by atoms with E-state index < -0.39 is 17.7 Å². The van der Waals surface area contributed by atoms with Gasteiger partial charge in [0.15, 0.2) is 5.82 Å². The van der Waals surface area contributed by atoms with Crippen molar-refractivity contribution in [3.8, 4) is 11.8 Å². The zero-order valence-corrected chi connectivity index (χ0v) is 16.2. The number of hydrogen-bond donors (Lipinski definition) is 0. The summed E-state index contributed by atoms with van der Waals surface area (Å²) in [6.45, 7) is 2.27. The molecule has 0 N–H and O–H groups in total. The molecule has 0 radical (unpaired) electrons. The van der Waals surface area contributed by atoms with Gasteiger partial charge >= 0.3 is 0 Å². The summed E-state index contributed by atoms with van der Waals surface area (Å²) in [7, 11) is 0. The summed E-state index contributed by atoms with van der Waals surface area (Å²) in [6.07, 6.45) is 14.0. The summed E-state index contributed by atoms with van der Waals surface area (Å²) in [5.74, 6) is 4.97. The van der Waals surface area contributed by atoms with Gasteiger partial charge in [-0.25, -0.2) is 4.39 Å². The van der Waals surface area contributed by atoms with Gasteiger partial charge in [0.1, 0.15) is 0 Å². The third-order valence-corrected chi connectivity index (χ3v) is 6.59. The van der Waals surface area contributed by atoms with Crippen LogP contribution >= 0.6 is 0 Å². The van der Waals surface area contributed by atoms with Crippen LogP contribution < -0.4 is 0 Å². The molecule has 2 aliphatic rings. The Morgan fingerprint density at radius 2 is 1.56 bits per heavy atom. The molecule has 1 nitrogen and oxygen atoms in total. The minimum absolute atomic E-state index is 0.151. The Kier molecular flexibility index (Phi) is 7.21. The van der Waals surface area contributed by atoms with E-state index in [2.05, 4.69) is 23.7 Å². The van der Waals surface area contributed by atoms with E-state index in [4.69, 9.17) is 0 Å². The highest BCUT2D eigenvalue weighted by Crippen LogP contribution is 2.42. The normalized spacial score (nSPS) is 28.4. The Hall–Kier alpha value is -1.50. The molecule has 148 valence electrons. The van der Waals surface area contributed by atoms with Gasteiger partial charge < -0.3 is 0 Å². The number of nitrogens with zero attached hydrogens (tertiary/aromatic N) is 1. The first-order chi connectivity index (χ1) is 13.1. The molecule has 0 atom stereocenters. The van der Waals surface area contributed by atoms with Crippen molar-refractivity contribution in [2.75, 3.05) is 0 Å². The lowest BCUT2D eigenvalue weighted by atomic mass is 9.69. The second kappa shape index (κ2) is 9.62. The summed E-state index contributed by atoms with van der Waals surface area (Å²) < 4.78 is 39.7. The SMILES string of the molecule is CCCC[C@H]1CC[C@H](C2CCC(C#Cc3cc(F)c(F)nc3F)CC2)CC1. The summed E-state index contributed by atoms with van der Waals surface area (Å²) >= 11 is 0. The number of aromatic nitrogens is 1. The van der Waals surface area contributed by atoms with Gasteiger partial charge in [0, 0.05) is 5.92 Å². The van der Waals surface area contributed by atoms with Crippen LogP contribution in [0.15, 0.2) is 6.07 Å². The van der Waals surface area contributed by atoms with Crippen LogP contribution in [0.3, 0.4) is 0 Å². The second-order valence-electron chi connectivity index (χ2n) is 8.40. The zero-order chi connectivity index (χ0) is 19.2. The van der Waals surface area contributed by atoms with Gasteiger partial charge in [0.2, 0.25) is 5.95 Å². The van der Waals surface area contributed by atoms with Crippen LogP contribution in [0.25, 0.3) is 0 Å². The Labute approximate surface area is 161 Å². The maximum atomic E-state index is 13.6. The maximum Gasteiger partial charge on any atom is 0.251 e. The molecular weight excluding hydrogens is 347 g/mol. The van der Waals surface area contributed by atoms with Gasteiger partial charge in [0.05, 0.1) is 5.56 Å². The molecule has 0 bridgehead atoms. The summed E-state index contributed by atoms with van der Waals surface area (Å²) in [5, 5.41) is 0. The average molecular weight is 377 g/mol. The fourth-order valence-corrected chi connectivity index (χ4v) is 4.89. The summed E-state index contributed by atoms with van der Waals surface area (Å²) in [6, 6.07) is 0.799. The fraction of sp³-hybridized carbons (Fsp3) is 0.696. The minimum Gasteiger partial charge on any atom is -0.202 e. The second-order valence-corrected chi connectivity index (χ2v) is 8.40. The van der Waals surface area contributed by atoms with Gasteiger partial charge in [-0.05, 0) is 62.3 Å². The van der Waals surface area contributed by atoms with Gasteiger partial charge in [-0.1, -0.05) is 50.9 Å². The maximum absolute atomic E-state index is 13.6. The largest absolute Gasteiger partial charge is 0.251 e. The molecule has 1 aromatic heterocycles. The van der Waals surface area contributed by atoms with Crippen LogP contribution in [-0.4, -0.2) is 4.98 Å². The first kappa shape index (κ1) is 20.2. The molecule has 2 fully saturated rings. The van der Waals surface area contributed by atoms with Crippen molar-refractivity contribution < 1.29 is 13.2 Å². The molecule has 4 heteroatoms. The van der Waals surface area contributed by atoms with Crippen LogP contribution in [0.4, 0.5) is 13.2 Å². The lowest BCUT2D eigenvalue weighted by molar-refractivity contribution is 0.153. The van der Waals surface area contributed by atoms with Gasteiger partial charge in [-0.2, -0.15) is 13.8 Å². The van der Waals surface area contributed by atoms with Crippen molar-refractivity contribution in [2.45, 2.75) is 77.6 Å². The first-order valence-electron chi connectivity index (χ1n) is 10.6. The van der Waals surface area contributed by atoms with Crippen molar-refractivity contribution in [2.24, 2.45) is 23.7 Å². The zero-order valence-electron chi connectivity index (χ0n) is 16.2. The van der Waals surface area contributed by atoms with E-state index >= 15 is 0 Å². The van der Waals surface area contributed by atoms with Crippen LogP contribution in [0.1, 0.15) is 83.1 Å². The van der Waals surface area contributed by atoms with E-state index in [1.165, 1.54) is 57.8 Å². The molecule has 0 spiro atoms. The van der Waals surface area contributed by atoms with Crippen molar-refractivity contribution in [1.82, 2.24) is 4.98 Å². The van der Waals surface area contributed by atoms with Crippen molar-refractivity contribution in [3.05, 3.63) is 29.3 Å². The molecule has 0 amide bonds. The molecule has 1 aromatic rings. The highest BCUT2D eigenvalue weighted by Gasteiger charge is 2.30. The predicted octanol–water partition coefficient (Wildman–Crippen LogP) is 6.65. The van der Waals surface area contributed by atoms with Gasteiger partial charge in [0.25, 0.3) is 5.95 Å². The summed E-state index contributed by atoms with van der Waals surface area (Å²) in [5.41, 5.74) is -0.151. The molecule has 27 heavy (non-hydrogen) atoms. The average Bonchev–Trinajstić information content (AvgIpc) is 2.69. The van der Waals surface area contributed by atoms with E-state index in [0.29, 0.717) is 0 Å². The van der Waals surface area contributed by atoms with Crippen LogP contribution in [0.2, 0.25) is 0 Å². The monoisotopic (exact) mass is 377 g/mol. The molecule has 0 unspecified atom stereocenters. The van der Waals surface area contributed by atoms with E-state index in [0.717, 1.165) is 36.7 Å². The van der Waals surface area contributed by atoms with Crippen LogP contribution in [-0.2, 0) is 0 Å². The molecule has 0 aromatic carbocycles. The molecule has 1 heterocycles. The Balaban J connectivity index is 1.47. The predicted molar refractivity (Wildman–Crippen MR) is 101 cm³/mol. The van der Waals surface area contributed by atoms with Gasteiger partial charge in [-0.3, -0.25) is 0 Å². The van der Waals surface area contributed by atoms with Gasteiger partial charge in [-0.15, -0.1) is 0 Å². The topological polar surface area (TPSA) is 12.9 Å². The first-order valence-corrected chi connectivity index (χ1v) is 10.6. The van der Waals surface area contributed by atoms with Crippen molar-refractivity contribution >= 4 is 0 Å². The molecule has 0 aliphatic heterocycles. The smallest absolute Gasteiger partial charge is 0.202 e. The minimum atomic E-state index is -1.41. The lowest BCUT2D eigenvalue weighted by Gasteiger charge is -2.37. The van der Waals surface area contributed by atoms with Crippen molar-refractivity contribution in [3.63, 3.8) is 0 Å². The fourth-order valence-electron chi connectivity index (χ4n) is 4.89. The number of hydrogen-bond acceptors (Lipinski definition) is 1. The van der Waals surface area contributed by atoms with E-state index in [9.17, 15) is 13.2 Å². The molecule has 3 rings (SSSR count). The van der Waals surface area contributed by atoms with Crippen LogP contribution in [0.5, 0.6) is 0 Å². The lowest BCUT2D eigenvalue weighted by Crippen LogP contribution is -2.25. The van der Waals surface area contributed by atoms with E-state index in [-0.39, 0.29) is 11.5 Å².